The number of benzene rings is 1. The fourth-order valence-electron chi connectivity index (χ4n) is 6.08. The maximum Gasteiger partial charge on any atom is 0.115 e. The molecule has 0 bridgehead atoms. The van der Waals surface area contributed by atoms with Gasteiger partial charge in [0, 0.05) is 0 Å². The van der Waals surface area contributed by atoms with E-state index in [0.717, 1.165) is 30.1 Å². The Balaban J connectivity index is 1.69. The molecule has 1 aromatic rings. The Hall–Kier alpha value is -0.510. The van der Waals surface area contributed by atoms with E-state index in [-0.39, 0.29) is 0 Å². The number of phenols is 1. The Labute approximate surface area is 147 Å². The zero-order chi connectivity index (χ0) is 15.5. The van der Waals surface area contributed by atoms with Gasteiger partial charge in [-0.15, -0.1) is 0 Å². The highest BCUT2D eigenvalue weighted by molar-refractivity contribution is 14.1. The Kier molecular flexibility index (Phi) is 3.59. The summed E-state index contributed by atoms with van der Waals surface area (Å²) < 4.78 is 1.38. The zero-order valence-electron chi connectivity index (χ0n) is 13.3. The van der Waals surface area contributed by atoms with Gasteiger partial charge in [-0.3, -0.25) is 0 Å². The van der Waals surface area contributed by atoms with Crippen LogP contribution < -0.4 is 0 Å². The van der Waals surface area contributed by atoms with E-state index in [1.165, 1.54) is 46.8 Å². The molecular weight excluding hydrogens is 383 g/mol. The van der Waals surface area contributed by atoms with Gasteiger partial charge in [0.25, 0.3) is 0 Å². The van der Waals surface area contributed by atoms with Gasteiger partial charge in [0.1, 0.15) is 5.75 Å². The van der Waals surface area contributed by atoms with Crippen molar-refractivity contribution in [3.8, 4) is 5.75 Å². The number of fused-ring (bicyclic) bond motifs is 5. The van der Waals surface area contributed by atoms with E-state index >= 15 is 0 Å². The minimum Gasteiger partial charge on any atom is -0.508 e. The summed E-state index contributed by atoms with van der Waals surface area (Å²) in [5.41, 5.74) is 3.42. The molecular formula is C20H25IO. The van der Waals surface area contributed by atoms with Crippen molar-refractivity contribution in [1.29, 1.82) is 0 Å². The first-order valence-electron chi connectivity index (χ1n) is 8.67. The molecule has 4 rings (SSSR count). The monoisotopic (exact) mass is 408 g/mol. The van der Waals surface area contributed by atoms with E-state index in [1.54, 1.807) is 0 Å². The fraction of sp³-hybridized carbons (Fsp3) is 0.600. The van der Waals surface area contributed by atoms with E-state index in [0.29, 0.717) is 11.2 Å². The number of phenolic OH excluding ortho intramolecular Hbond substituents is 1. The lowest BCUT2D eigenvalue weighted by molar-refractivity contribution is 0.0406. The smallest absolute Gasteiger partial charge is 0.115 e. The van der Waals surface area contributed by atoms with Crippen molar-refractivity contribution in [3.63, 3.8) is 0 Å². The summed E-state index contributed by atoms with van der Waals surface area (Å²) in [5, 5.41) is 9.76. The average molecular weight is 408 g/mol. The molecule has 0 saturated heterocycles. The van der Waals surface area contributed by atoms with E-state index < -0.39 is 0 Å². The molecule has 2 heteroatoms. The van der Waals surface area contributed by atoms with Crippen LogP contribution in [0.4, 0.5) is 0 Å². The first-order valence-corrected chi connectivity index (χ1v) is 9.74. The Morgan fingerprint density at radius 2 is 2.09 bits per heavy atom. The van der Waals surface area contributed by atoms with Crippen molar-refractivity contribution < 1.29 is 5.11 Å². The van der Waals surface area contributed by atoms with Gasteiger partial charge in [-0.1, -0.05) is 19.6 Å². The highest BCUT2D eigenvalue weighted by atomic mass is 127. The number of hydrogen-bond acceptors (Lipinski definition) is 1. The predicted octanol–water partition coefficient (Wildman–Crippen LogP) is 5.81. The van der Waals surface area contributed by atoms with E-state index in [9.17, 15) is 5.11 Å². The molecule has 0 amide bonds. The van der Waals surface area contributed by atoms with Gasteiger partial charge < -0.3 is 5.11 Å². The van der Waals surface area contributed by atoms with E-state index in [2.05, 4.69) is 42.2 Å². The summed E-state index contributed by atoms with van der Waals surface area (Å²) >= 11 is 2.47. The van der Waals surface area contributed by atoms with Crippen LogP contribution in [-0.4, -0.2) is 5.11 Å². The number of allylic oxidation sites excluding steroid dienone is 1. The molecule has 1 nitrogen and oxygen atoms in total. The highest BCUT2D eigenvalue weighted by Crippen LogP contribution is 2.64. The first-order chi connectivity index (χ1) is 10.5. The minimum absolute atomic E-state index is 0.431. The average Bonchev–Trinajstić information content (AvgIpc) is 2.84. The van der Waals surface area contributed by atoms with Gasteiger partial charge in [-0.25, -0.2) is 0 Å². The van der Waals surface area contributed by atoms with Crippen molar-refractivity contribution in [2.24, 2.45) is 23.2 Å². The molecule has 1 aromatic carbocycles. The molecule has 22 heavy (non-hydrogen) atoms. The summed E-state index contributed by atoms with van der Waals surface area (Å²) in [6.45, 7) is 6.83. The van der Waals surface area contributed by atoms with Crippen molar-refractivity contribution in [1.82, 2.24) is 0 Å². The normalized spacial score (nSPS) is 39.7. The van der Waals surface area contributed by atoms with Crippen LogP contribution in [0.5, 0.6) is 5.75 Å². The Morgan fingerprint density at radius 3 is 2.86 bits per heavy atom. The van der Waals surface area contributed by atoms with Crippen molar-refractivity contribution in [2.75, 3.05) is 0 Å². The molecule has 118 valence electrons. The van der Waals surface area contributed by atoms with Crippen LogP contribution >= 0.6 is 22.6 Å². The summed E-state index contributed by atoms with van der Waals surface area (Å²) in [4.78, 5) is 0. The number of halogens is 1. The molecule has 0 radical (unpaired) electrons. The summed E-state index contributed by atoms with van der Waals surface area (Å²) in [6.07, 6.45) is 7.84. The molecule has 2 fully saturated rings. The Morgan fingerprint density at radius 1 is 1.27 bits per heavy atom. The zero-order valence-corrected chi connectivity index (χ0v) is 15.5. The third-order valence-electron chi connectivity index (χ3n) is 7.09. The number of hydrogen-bond donors (Lipinski definition) is 1. The summed E-state index contributed by atoms with van der Waals surface area (Å²) in [5.74, 6) is 3.59. The lowest BCUT2D eigenvalue weighted by Gasteiger charge is -2.51. The van der Waals surface area contributed by atoms with Gasteiger partial charge in [-0.2, -0.15) is 0 Å². The van der Waals surface area contributed by atoms with Gasteiger partial charge in [0.15, 0.2) is 0 Å². The maximum absolute atomic E-state index is 9.76. The first kappa shape index (κ1) is 15.0. The van der Waals surface area contributed by atoms with E-state index in [1.807, 2.05) is 12.1 Å². The van der Waals surface area contributed by atoms with Crippen LogP contribution in [0.3, 0.4) is 0 Å². The maximum atomic E-state index is 9.76. The second-order valence-electron chi connectivity index (χ2n) is 7.92. The SMILES string of the molecule is C=C(I)[C@H]1CCC2C3CCc4cc(O)ccc4C3CC[C@@]21C. The molecule has 1 N–H and O–H groups in total. The van der Waals surface area contributed by atoms with Crippen molar-refractivity contribution in [3.05, 3.63) is 39.5 Å². The van der Waals surface area contributed by atoms with Gasteiger partial charge >= 0.3 is 0 Å². The minimum atomic E-state index is 0.431. The number of aryl methyl sites for hydroxylation is 1. The third kappa shape index (κ3) is 2.09. The lowest BCUT2D eigenvalue weighted by Crippen LogP contribution is -2.42. The standard InChI is InChI=1S/C20H25IO/c1-12(21)18-7-8-19-17-5-3-13-11-14(22)4-6-15(13)16(17)9-10-20(18,19)2/h4,6,11,16-19,22H,1,3,5,7-10H2,2H3/t16?,17?,18-,19?,20-/m1/s1. The molecule has 3 aliphatic carbocycles. The van der Waals surface area contributed by atoms with Gasteiger partial charge in [-0.05, 0) is 117 Å². The quantitative estimate of drug-likeness (QED) is 0.582. The Bertz CT molecular complexity index is 622. The largest absolute Gasteiger partial charge is 0.508 e. The lowest BCUT2D eigenvalue weighted by atomic mass is 9.54. The summed E-state index contributed by atoms with van der Waals surface area (Å²) in [6, 6.07) is 6.09. The predicted molar refractivity (Wildman–Crippen MR) is 99.4 cm³/mol. The van der Waals surface area contributed by atoms with Crippen LogP contribution in [0.2, 0.25) is 0 Å². The summed E-state index contributed by atoms with van der Waals surface area (Å²) in [7, 11) is 0. The van der Waals surface area contributed by atoms with Crippen LogP contribution in [0.15, 0.2) is 28.4 Å². The second-order valence-corrected chi connectivity index (χ2v) is 9.31. The second kappa shape index (κ2) is 5.25. The van der Waals surface area contributed by atoms with E-state index in [4.69, 9.17) is 0 Å². The molecule has 3 aliphatic rings. The molecule has 3 unspecified atom stereocenters. The molecule has 2 saturated carbocycles. The topological polar surface area (TPSA) is 20.2 Å². The highest BCUT2D eigenvalue weighted by Gasteiger charge is 2.54. The van der Waals surface area contributed by atoms with Crippen LogP contribution in [0, 0.1) is 23.2 Å². The van der Waals surface area contributed by atoms with Crippen LogP contribution in [0.25, 0.3) is 0 Å². The number of aromatic hydroxyl groups is 1. The van der Waals surface area contributed by atoms with Gasteiger partial charge in [0.2, 0.25) is 0 Å². The fourth-order valence-corrected chi connectivity index (χ4v) is 7.11. The number of rotatable bonds is 1. The molecule has 0 aromatic heterocycles. The molecule has 5 atom stereocenters. The van der Waals surface area contributed by atoms with Crippen LogP contribution in [0.1, 0.15) is 56.1 Å². The molecule has 0 heterocycles. The van der Waals surface area contributed by atoms with Crippen LogP contribution in [-0.2, 0) is 6.42 Å². The van der Waals surface area contributed by atoms with Crippen molar-refractivity contribution >= 4 is 22.6 Å². The molecule has 0 spiro atoms. The van der Waals surface area contributed by atoms with Gasteiger partial charge in [0.05, 0.1) is 0 Å². The molecule has 0 aliphatic heterocycles. The third-order valence-corrected chi connectivity index (χ3v) is 7.84. The van der Waals surface area contributed by atoms with Crippen molar-refractivity contribution in [2.45, 2.75) is 51.4 Å².